The fourth-order valence-corrected chi connectivity index (χ4v) is 3.40. The van der Waals surface area contributed by atoms with E-state index in [1.54, 1.807) is 12.4 Å². The Morgan fingerprint density at radius 3 is 2.46 bits per heavy atom. The van der Waals surface area contributed by atoms with E-state index in [4.69, 9.17) is 0 Å². The summed E-state index contributed by atoms with van der Waals surface area (Å²) in [5.74, 6) is 0.810. The molecule has 0 saturated heterocycles. The Kier molecular flexibility index (Phi) is 5.20. The molecule has 0 unspecified atom stereocenters. The molecule has 140 valence electrons. The number of carbonyl (C=O) groups is 1. The SMILES string of the molecule is Cc1ccc(NC(=O)CSc2nnc(-c3ccncc3)n2-n2cccc2)cc1. The third-order valence-electron chi connectivity index (χ3n) is 4.04. The van der Waals surface area contributed by atoms with Gasteiger partial charge in [-0.25, -0.2) is 4.68 Å². The maximum absolute atomic E-state index is 12.3. The highest BCUT2D eigenvalue weighted by Gasteiger charge is 2.17. The van der Waals surface area contributed by atoms with Gasteiger partial charge in [0.1, 0.15) is 0 Å². The first-order chi connectivity index (χ1) is 13.7. The Hall–Kier alpha value is -3.39. The Balaban J connectivity index is 1.54. The van der Waals surface area contributed by atoms with Crippen LogP contribution in [-0.2, 0) is 4.79 Å². The van der Waals surface area contributed by atoms with Crippen molar-refractivity contribution in [2.24, 2.45) is 0 Å². The lowest BCUT2D eigenvalue weighted by Gasteiger charge is -2.11. The van der Waals surface area contributed by atoms with Gasteiger partial charge in [0.2, 0.25) is 11.1 Å². The average molecular weight is 390 g/mol. The van der Waals surface area contributed by atoms with E-state index in [-0.39, 0.29) is 11.7 Å². The molecule has 0 spiro atoms. The van der Waals surface area contributed by atoms with E-state index < -0.39 is 0 Å². The van der Waals surface area contributed by atoms with Crippen molar-refractivity contribution in [3.05, 3.63) is 78.9 Å². The summed E-state index contributed by atoms with van der Waals surface area (Å²) < 4.78 is 3.76. The molecule has 3 heterocycles. The van der Waals surface area contributed by atoms with Gasteiger partial charge < -0.3 is 5.32 Å². The van der Waals surface area contributed by atoms with Gasteiger partial charge in [0.25, 0.3) is 0 Å². The monoisotopic (exact) mass is 390 g/mol. The second-order valence-corrected chi connectivity index (χ2v) is 7.06. The number of nitrogens with zero attached hydrogens (tertiary/aromatic N) is 5. The molecule has 0 aliphatic rings. The van der Waals surface area contributed by atoms with E-state index in [2.05, 4.69) is 20.5 Å². The predicted octanol–water partition coefficient (Wildman–Crippen LogP) is 3.49. The van der Waals surface area contributed by atoms with Crippen LogP contribution in [0.3, 0.4) is 0 Å². The minimum Gasteiger partial charge on any atom is -0.325 e. The van der Waals surface area contributed by atoms with Crippen molar-refractivity contribution in [2.45, 2.75) is 12.1 Å². The summed E-state index contributed by atoms with van der Waals surface area (Å²) in [5.41, 5.74) is 2.82. The molecule has 0 radical (unpaired) electrons. The number of pyridine rings is 1. The maximum Gasteiger partial charge on any atom is 0.234 e. The normalized spacial score (nSPS) is 10.8. The Morgan fingerprint density at radius 2 is 1.75 bits per heavy atom. The number of rotatable bonds is 6. The van der Waals surface area contributed by atoms with E-state index in [1.165, 1.54) is 11.8 Å². The molecule has 1 amide bonds. The number of anilines is 1. The molecule has 0 fully saturated rings. The number of hydrogen-bond acceptors (Lipinski definition) is 5. The third kappa shape index (κ3) is 3.96. The molecule has 4 aromatic rings. The molecule has 0 atom stereocenters. The minimum atomic E-state index is -0.0960. The Labute approximate surface area is 166 Å². The minimum absolute atomic E-state index is 0.0960. The van der Waals surface area contributed by atoms with Crippen LogP contribution in [0.25, 0.3) is 11.4 Å². The molecule has 4 rings (SSSR count). The van der Waals surface area contributed by atoms with Crippen LogP contribution in [0.1, 0.15) is 5.56 Å². The van der Waals surface area contributed by atoms with E-state index >= 15 is 0 Å². The molecule has 0 bridgehead atoms. The molecule has 0 saturated carbocycles. The summed E-state index contributed by atoms with van der Waals surface area (Å²) in [6, 6.07) is 15.3. The molecular formula is C20H18N6OS. The summed E-state index contributed by atoms with van der Waals surface area (Å²) in [6.45, 7) is 2.01. The summed E-state index contributed by atoms with van der Waals surface area (Å²) in [6.07, 6.45) is 7.24. The standard InChI is InChI=1S/C20H18N6OS/c1-15-4-6-17(7-5-15)22-18(27)14-28-20-24-23-19(16-8-10-21-11-9-16)26(20)25-12-2-3-13-25/h2-13H,14H2,1H3,(H,22,27). The van der Waals surface area contributed by atoms with Gasteiger partial charge in [0.05, 0.1) is 5.75 Å². The molecular weight excluding hydrogens is 372 g/mol. The number of benzene rings is 1. The fraction of sp³-hybridized carbons (Fsp3) is 0.100. The first kappa shape index (κ1) is 18.0. The van der Waals surface area contributed by atoms with Gasteiger partial charge in [-0.3, -0.25) is 14.5 Å². The molecule has 7 nitrogen and oxygen atoms in total. The second-order valence-electron chi connectivity index (χ2n) is 6.12. The van der Waals surface area contributed by atoms with E-state index in [0.29, 0.717) is 11.0 Å². The van der Waals surface area contributed by atoms with Crippen molar-refractivity contribution >= 4 is 23.4 Å². The van der Waals surface area contributed by atoms with Gasteiger partial charge in [-0.05, 0) is 43.3 Å². The van der Waals surface area contributed by atoms with Crippen molar-refractivity contribution in [1.82, 2.24) is 24.5 Å². The van der Waals surface area contributed by atoms with Crippen LogP contribution in [0.4, 0.5) is 5.69 Å². The van der Waals surface area contributed by atoms with Gasteiger partial charge in [0, 0.05) is 36.0 Å². The second kappa shape index (κ2) is 8.10. The van der Waals surface area contributed by atoms with Crippen LogP contribution in [-0.4, -0.2) is 36.2 Å². The zero-order chi connectivity index (χ0) is 19.3. The number of hydrogen-bond donors (Lipinski definition) is 1. The zero-order valence-corrected chi connectivity index (χ0v) is 16.0. The maximum atomic E-state index is 12.3. The number of amides is 1. The topological polar surface area (TPSA) is 77.6 Å². The van der Waals surface area contributed by atoms with Crippen molar-refractivity contribution in [3.63, 3.8) is 0 Å². The van der Waals surface area contributed by atoms with Gasteiger partial charge in [0.15, 0.2) is 5.82 Å². The van der Waals surface area contributed by atoms with Gasteiger partial charge in [-0.1, -0.05) is 29.5 Å². The Morgan fingerprint density at radius 1 is 1.04 bits per heavy atom. The van der Waals surface area contributed by atoms with E-state index in [9.17, 15) is 4.79 Å². The lowest BCUT2D eigenvalue weighted by molar-refractivity contribution is -0.113. The van der Waals surface area contributed by atoms with Crippen molar-refractivity contribution in [1.29, 1.82) is 0 Å². The lowest BCUT2D eigenvalue weighted by Crippen LogP contribution is -2.15. The lowest BCUT2D eigenvalue weighted by atomic mass is 10.2. The summed E-state index contributed by atoms with van der Waals surface area (Å²) in [4.78, 5) is 16.4. The molecule has 0 aliphatic carbocycles. The van der Waals surface area contributed by atoms with Gasteiger partial charge >= 0.3 is 0 Å². The van der Waals surface area contributed by atoms with Crippen LogP contribution >= 0.6 is 11.8 Å². The Bertz CT molecular complexity index is 1060. The predicted molar refractivity (Wildman–Crippen MR) is 109 cm³/mol. The smallest absolute Gasteiger partial charge is 0.234 e. The van der Waals surface area contributed by atoms with Crippen LogP contribution in [0.2, 0.25) is 0 Å². The highest BCUT2D eigenvalue weighted by atomic mass is 32.2. The van der Waals surface area contributed by atoms with E-state index in [1.807, 2.05) is 77.2 Å². The molecule has 28 heavy (non-hydrogen) atoms. The molecule has 3 aromatic heterocycles. The van der Waals surface area contributed by atoms with Crippen molar-refractivity contribution in [2.75, 3.05) is 11.1 Å². The number of carbonyl (C=O) groups excluding carboxylic acids is 1. The number of nitrogens with one attached hydrogen (secondary N) is 1. The third-order valence-corrected chi connectivity index (χ3v) is 4.96. The van der Waals surface area contributed by atoms with Gasteiger partial charge in [-0.2, -0.15) is 0 Å². The molecule has 1 aromatic carbocycles. The van der Waals surface area contributed by atoms with Gasteiger partial charge in [-0.15, -0.1) is 10.2 Å². The molecule has 8 heteroatoms. The van der Waals surface area contributed by atoms with Crippen molar-refractivity contribution in [3.8, 4) is 11.4 Å². The van der Waals surface area contributed by atoms with Crippen LogP contribution in [0.5, 0.6) is 0 Å². The largest absolute Gasteiger partial charge is 0.325 e. The highest BCUT2D eigenvalue weighted by Crippen LogP contribution is 2.24. The summed E-state index contributed by atoms with van der Waals surface area (Å²) in [7, 11) is 0. The van der Waals surface area contributed by atoms with Crippen molar-refractivity contribution < 1.29 is 4.79 Å². The first-order valence-corrected chi connectivity index (χ1v) is 9.68. The first-order valence-electron chi connectivity index (χ1n) is 8.69. The quantitative estimate of drug-likeness (QED) is 0.510. The summed E-state index contributed by atoms with van der Waals surface area (Å²) in [5, 5.41) is 12.1. The zero-order valence-electron chi connectivity index (χ0n) is 15.2. The van der Waals surface area contributed by atoms with Crippen LogP contribution < -0.4 is 5.32 Å². The fourth-order valence-electron chi connectivity index (χ4n) is 2.67. The van der Waals surface area contributed by atoms with Crippen LogP contribution in [0, 0.1) is 6.92 Å². The molecule has 1 N–H and O–H groups in total. The summed E-state index contributed by atoms with van der Waals surface area (Å²) >= 11 is 1.33. The molecule has 0 aliphatic heterocycles. The highest BCUT2D eigenvalue weighted by molar-refractivity contribution is 7.99. The number of aromatic nitrogens is 5. The van der Waals surface area contributed by atoms with Crippen LogP contribution in [0.15, 0.2) is 78.5 Å². The van der Waals surface area contributed by atoms with E-state index in [0.717, 1.165) is 16.8 Å². The number of aryl methyl sites for hydroxylation is 1. The average Bonchev–Trinajstić information content (AvgIpc) is 3.38. The number of thioether (sulfide) groups is 1.